The highest BCUT2D eigenvalue weighted by Crippen LogP contribution is 2.46. The first-order valence-corrected chi connectivity index (χ1v) is 5.20. The molecule has 0 heterocycles. The fourth-order valence-electron chi connectivity index (χ4n) is 0.103. The van der Waals surface area contributed by atoms with Gasteiger partial charge >= 0.3 is 0 Å². The van der Waals surface area contributed by atoms with Crippen LogP contribution < -0.4 is 0 Å². The average Bonchev–Trinajstić information content (AvgIpc) is 1.64. The van der Waals surface area contributed by atoms with Crippen LogP contribution in [0, 0.1) is 0 Å². The molecule has 54 valence electrons. The van der Waals surface area contributed by atoms with Crippen molar-refractivity contribution in [2.75, 3.05) is 0 Å². The van der Waals surface area contributed by atoms with Gasteiger partial charge in [-0.3, -0.25) is 0 Å². The van der Waals surface area contributed by atoms with Crippen molar-refractivity contribution in [3.05, 3.63) is 0 Å². The number of hydrogen-bond acceptors (Lipinski definition) is 1. The van der Waals surface area contributed by atoms with Crippen molar-refractivity contribution in [3.8, 4) is 0 Å². The number of alkyl halides is 4. The highest BCUT2D eigenvalue weighted by Gasteiger charge is 2.40. The first kappa shape index (κ1) is 10.6. The van der Waals surface area contributed by atoms with E-state index in [1.54, 1.807) is 0 Å². The minimum atomic E-state index is -0.743. The largest absolute Gasteiger partial charge is 0.301 e. The Morgan fingerprint density at radius 3 is 1.56 bits per heavy atom. The molecule has 0 bridgehead atoms. The third-order valence-electron chi connectivity index (χ3n) is 0.733. The van der Waals surface area contributed by atoms with Crippen LogP contribution in [0.4, 0.5) is 0 Å². The van der Waals surface area contributed by atoms with Crippen LogP contribution in [0.5, 0.6) is 0 Å². The lowest BCUT2D eigenvalue weighted by molar-refractivity contribution is -0.107. The Kier molecular flexibility index (Phi) is 3.91. The van der Waals surface area contributed by atoms with Crippen molar-refractivity contribution >= 4 is 70.0 Å². The maximum Gasteiger partial charge on any atom is 0.160 e. The second-order valence-corrected chi connectivity index (χ2v) is 9.43. The van der Waals surface area contributed by atoms with Gasteiger partial charge in [0.05, 0.1) is 0 Å². The summed E-state index contributed by atoms with van der Waals surface area (Å²) in [5.74, 6) is 0. The number of hydrogen-bond donors (Lipinski definition) is 0. The molecule has 0 aromatic carbocycles. The van der Waals surface area contributed by atoms with Crippen LogP contribution in [-0.4, -0.2) is 12.8 Å². The molecule has 0 atom stereocenters. The molecule has 5 heteroatoms. The number of carbonyl (C=O) groups is 1. The third kappa shape index (κ3) is 2.99. The van der Waals surface area contributed by atoms with Gasteiger partial charge in [0.25, 0.3) is 0 Å². The summed E-state index contributed by atoms with van der Waals surface area (Å²) in [6.45, 7) is 1.81. The molecule has 0 aliphatic heterocycles. The van der Waals surface area contributed by atoms with E-state index in [1.807, 2.05) is 6.92 Å². The Bertz CT molecular complexity index is 114. The zero-order valence-electron chi connectivity index (χ0n) is 4.50. The van der Waals surface area contributed by atoms with Crippen LogP contribution in [0.25, 0.3) is 0 Å². The normalized spacial score (nSPS) is 13.4. The highest BCUT2D eigenvalue weighted by molar-refractivity contribution is 9.30. The van der Waals surface area contributed by atoms with E-state index < -0.39 is 6.47 Å². The second kappa shape index (κ2) is 3.32. The van der Waals surface area contributed by atoms with Gasteiger partial charge in [0, 0.05) is 0 Å². The molecule has 0 aliphatic rings. The average molecular weight is 388 g/mol. The maximum absolute atomic E-state index is 10.3. The molecule has 0 spiro atoms. The molecule has 0 saturated heterocycles. The number of halogens is 4. The van der Waals surface area contributed by atoms with Crippen molar-refractivity contribution in [3.63, 3.8) is 0 Å². The van der Waals surface area contributed by atoms with E-state index in [4.69, 9.17) is 0 Å². The zero-order chi connectivity index (χ0) is 7.71. The molecule has 0 aliphatic carbocycles. The summed E-state index contributed by atoms with van der Waals surface area (Å²) in [4.78, 5) is 10.3. The predicted molar refractivity (Wildman–Crippen MR) is 52.9 cm³/mol. The van der Waals surface area contributed by atoms with Crippen molar-refractivity contribution in [2.24, 2.45) is 0 Å². The van der Waals surface area contributed by atoms with E-state index in [0.717, 1.165) is 6.29 Å². The second-order valence-electron chi connectivity index (χ2n) is 1.63. The number of carbonyl (C=O) groups excluding carboxylic acids is 1. The molecule has 0 radical (unpaired) electrons. The zero-order valence-corrected chi connectivity index (χ0v) is 10.8. The van der Waals surface area contributed by atoms with Gasteiger partial charge in [-0.25, -0.2) is 0 Å². The molecule has 0 N–H and O–H groups in total. The first-order chi connectivity index (χ1) is 3.81. The fraction of sp³-hybridized carbons (Fsp3) is 0.750. The molecule has 0 unspecified atom stereocenters. The van der Waals surface area contributed by atoms with E-state index in [9.17, 15) is 4.79 Å². The van der Waals surface area contributed by atoms with Crippen LogP contribution in [0.2, 0.25) is 0 Å². The summed E-state index contributed by atoms with van der Waals surface area (Å²) < 4.78 is -1.21. The Morgan fingerprint density at radius 1 is 1.22 bits per heavy atom. The molecule has 0 aromatic rings. The Morgan fingerprint density at radius 2 is 1.56 bits per heavy atom. The van der Waals surface area contributed by atoms with E-state index in [2.05, 4.69) is 63.7 Å². The van der Waals surface area contributed by atoms with Crippen LogP contribution in [0.15, 0.2) is 0 Å². The van der Waals surface area contributed by atoms with Gasteiger partial charge in [0.2, 0.25) is 0 Å². The molecule has 9 heavy (non-hydrogen) atoms. The van der Waals surface area contributed by atoms with Crippen molar-refractivity contribution in [2.45, 2.75) is 13.4 Å². The summed E-state index contributed by atoms with van der Waals surface area (Å²) in [5.41, 5.74) is 0. The van der Waals surface area contributed by atoms with Crippen LogP contribution in [-0.2, 0) is 4.79 Å². The van der Waals surface area contributed by atoms with Gasteiger partial charge < -0.3 is 4.79 Å². The summed E-state index contributed by atoms with van der Waals surface area (Å²) >= 11 is 12.8. The number of aldehydes is 1. The lowest BCUT2D eigenvalue weighted by atomic mass is 10.4. The monoisotopic (exact) mass is 384 g/mol. The lowest BCUT2D eigenvalue weighted by Gasteiger charge is -2.24. The van der Waals surface area contributed by atoms with Crippen LogP contribution in [0.1, 0.15) is 6.92 Å². The van der Waals surface area contributed by atoms with Crippen LogP contribution >= 0.6 is 63.7 Å². The van der Waals surface area contributed by atoms with Crippen LogP contribution in [0.3, 0.4) is 0 Å². The van der Waals surface area contributed by atoms with Crippen molar-refractivity contribution < 1.29 is 4.79 Å². The molecule has 0 rings (SSSR count). The van der Waals surface area contributed by atoms with E-state index >= 15 is 0 Å². The quantitative estimate of drug-likeness (QED) is 0.525. The summed E-state index contributed by atoms with van der Waals surface area (Å²) in [5, 5.41) is 0. The lowest BCUT2D eigenvalue weighted by Crippen LogP contribution is -2.32. The standard InChI is InChI=1S/C4H4Br4O/c1-3(5,6)4(7,8)2-9/h2H,1H3. The van der Waals surface area contributed by atoms with Gasteiger partial charge in [-0.15, -0.1) is 0 Å². The van der Waals surface area contributed by atoms with Gasteiger partial charge in [0.1, 0.15) is 9.52 Å². The predicted octanol–water partition coefficient (Wildman–Crippen LogP) is 3.18. The molecule has 0 aromatic heterocycles. The minimum absolute atomic E-state index is 0.464. The molecule has 0 amide bonds. The summed E-state index contributed by atoms with van der Waals surface area (Å²) in [6, 6.07) is 0. The molecular weight excluding hydrogens is 384 g/mol. The van der Waals surface area contributed by atoms with Gasteiger partial charge in [0.15, 0.2) is 3.23 Å². The number of rotatable bonds is 2. The SMILES string of the molecule is CC(Br)(Br)C(Br)(Br)C=O. The maximum atomic E-state index is 10.3. The Balaban J connectivity index is 4.32. The van der Waals surface area contributed by atoms with Gasteiger partial charge in [-0.05, 0) is 6.92 Å². The molecular formula is C4H4Br4O. The highest BCUT2D eigenvalue weighted by atomic mass is 79.9. The molecule has 0 fully saturated rings. The van der Waals surface area contributed by atoms with Crippen molar-refractivity contribution in [1.82, 2.24) is 0 Å². The third-order valence-corrected chi connectivity index (χ3v) is 6.07. The van der Waals surface area contributed by atoms with E-state index in [1.165, 1.54) is 0 Å². The van der Waals surface area contributed by atoms with Gasteiger partial charge in [-0.1, -0.05) is 63.7 Å². The Labute approximate surface area is 87.5 Å². The van der Waals surface area contributed by atoms with E-state index in [0.29, 0.717) is 0 Å². The topological polar surface area (TPSA) is 17.1 Å². The summed E-state index contributed by atoms with van der Waals surface area (Å²) in [6.07, 6.45) is 0.760. The Hall–Kier alpha value is 1.59. The fourth-order valence-corrected chi connectivity index (χ4v) is 0.290. The first-order valence-electron chi connectivity index (χ1n) is 2.03. The smallest absolute Gasteiger partial charge is 0.160 e. The molecule has 0 saturated carbocycles. The van der Waals surface area contributed by atoms with E-state index in [-0.39, 0.29) is 0 Å². The van der Waals surface area contributed by atoms with Gasteiger partial charge in [-0.2, -0.15) is 0 Å². The molecule has 1 nitrogen and oxygen atoms in total. The van der Waals surface area contributed by atoms with Crippen molar-refractivity contribution in [1.29, 1.82) is 0 Å². The minimum Gasteiger partial charge on any atom is -0.301 e. The summed E-state index contributed by atoms with van der Waals surface area (Å²) in [7, 11) is 0.